The Balaban J connectivity index is 2.93. The molecule has 0 saturated heterocycles. The molecular weight excluding hydrogens is 238 g/mol. The summed E-state index contributed by atoms with van der Waals surface area (Å²) in [6, 6.07) is 2.26. The second-order valence-electron chi connectivity index (χ2n) is 4.71. The lowest BCUT2D eigenvalue weighted by atomic mass is 10.0. The van der Waals surface area contributed by atoms with Crippen molar-refractivity contribution >= 4 is 5.82 Å². The minimum Gasteiger partial charge on any atom is -0.367 e. The molecule has 104 valence electrons. The van der Waals surface area contributed by atoms with Gasteiger partial charge < -0.3 is 10.6 Å². The molecular formula is C14H23N5. The van der Waals surface area contributed by atoms with Crippen LogP contribution < -0.4 is 10.6 Å². The van der Waals surface area contributed by atoms with Crippen LogP contribution in [-0.4, -0.2) is 30.3 Å². The topological polar surface area (TPSA) is 73.6 Å². The van der Waals surface area contributed by atoms with Crippen LogP contribution in [0.5, 0.6) is 0 Å². The van der Waals surface area contributed by atoms with Crippen LogP contribution in [0.3, 0.4) is 0 Å². The van der Waals surface area contributed by atoms with E-state index >= 15 is 0 Å². The molecule has 0 bridgehead atoms. The summed E-state index contributed by atoms with van der Waals surface area (Å²) in [6.07, 6.45) is 1.61. The fourth-order valence-electron chi connectivity index (χ4n) is 2.11. The van der Waals surface area contributed by atoms with E-state index in [1.54, 1.807) is 0 Å². The van der Waals surface area contributed by atoms with Crippen LogP contribution in [0, 0.1) is 17.2 Å². The third kappa shape index (κ3) is 3.90. The van der Waals surface area contributed by atoms with E-state index in [2.05, 4.69) is 33.8 Å². The van der Waals surface area contributed by atoms with Crippen molar-refractivity contribution in [3.63, 3.8) is 0 Å². The van der Waals surface area contributed by atoms with Crippen LogP contribution in [0.1, 0.15) is 37.6 Å². The molecule has 1 aromatic rings. The van der Waals surface area contributed by atoms with Gasteiger partial charge in [-0.25, -0.2) is 0 Å². The number of nitrogens with zero attached hydrogens (tertiary/aromatic N) is 3. The highest BCUT2D eigenvalue weighted by Crippen LogP contribution is 2.20. The molecule has 0 aromatic carbocycles. The molecule has 1 heterocycles. The van der Waals surface area contributed by atoms with Crippen molar-refractivity contribution in [2.75, 3.05) is 25.5 Å². The van der Waals surface area contributed by atoms with Gasteiger partial charge in [-0.2, -0.15) is 10.4 Å². The maximum Gasteiger partial charge on any atom is 0.166 e. The van der Waals surface area contributed by atoms with Crippen molar-refractivity contribution in [1.82, 2.24) is 15.5 Å². The Morgan fingerprint density at radius 1 is 1.21 bits per heavy atom. The van der Waals surface area contributed by atoms with Crippen molar-refractivity contribution in [2.24, 2.45) is 5.92 Å². The van der Waals surface area contributed by atoms with E-state index in [-0.39, 0.29) is 0 Å². The van der Waals surface area contributed by atoms with E-state index in [4.69, 9.17) is 0 Å². The van der Waals surface area contributed by atoms with Crippen molar-refractivity contribution < 1.29 is 0 Å². The van der Waals surface area contributed by atoms with Crippen LogP contribution in [-0.2, 0) is 12.8 Å². The van der Waals surface area contributed by atoms with Gasteiger partial charge in [0.1, 0.15) is 11.6 Å². The fraction of sp³-hybridized carbons (Fsp3) is 0.643. The minimum absolute atomic E-state index is 0.467. The van der Waals surface area contributed by atoms with Crippen LogP contribution in [0.25, 0.3) is 0 Å². The quantitative estimate of drug-likeness (QED) is 0.782. The number of rotatable bonds is 7. The second-order valence-corrected chi connectivity index (χ2v) is 4.71. The average Bonchev–Trinajstić information content (AvgIpc) is 2.43. The smallest absolute Gasteiger partial charge is 0.166 e. The number of aromatic nitrogens is 2. The zero-order chi connectivity index (χ0) is 14.3. The lowest BCUT2D eigenvalue weighted by Crippen LogP contribution is -2.23. The van der Waals surface area contributed by atoms with E-state index in [1.165, 1.54) is 0 Å². The Kier molecular flexibility index (Phi) is 6.23. The molecule has 1 unspecified atom stereocenters. The van der Waals surface area contributed by atoms with Gasteiger partial charge in [0.15, 0.2) is 5.82 Å². The van der Waals surface area contributed by atoms with Gasteiger partial charge in [-0.15, -0.1) is 5.10 Å². The summed E-state index contributed by atoms with van der Waals surface area (Å²) in [4.78, 5) is 0. The van der Waals surface area contributed by atoms with Crippen LogP contribution in [0.2, 0.25) is 0 Å². The summed E-state index contributed by atoms with van der Waals surface area (Å²) in [5, 5.41) is 24.1. The first-order valence-corrected chi connectivity index (χ1v) is 6.84. The molecule has 0 spiro atoms. The molecule has 0 saturated carbocycles. The standard InChI is InChI=1S/C14H23N5/c1-5-11-12(7-15)14(19-18-13(11)6-2)17-9-10(3)8-16-4/h10,16H,5-6,8-9H2,1-4H3,(H,17,19). The molecule has 1 rings (SSSR count). The first kappa shape index (κ1) is 15.4. The van der Waals surface area contributed by atoms with E-state index < -0.39 is 0 Å². The highest BCUT2D eigenvalue weighted by molar-refractivity contribution is 5.56. The van der Waals surface area contributed by atoms with E-state index in [0.29, 0.717) is 17.3 Å². The molecule has 0 fully saturated rings. The third-order valence-corrected chi connectivity index (χ3v) is 3.13. The summed E-state index contributed by atoms with van der Waals surface area (Å²) >= 11 is 0. The Hall–Kier alpha value is -1.67. The third-order valence-electron chi connectivity index (χ3n) is 3.13. The molecule has 5 heteroatoms. The van der Waals surface area contributed by atoms with E-state index in [1.807, 2.05) is 20.9 Å². The average molecular weight is 261 g/mol. The van der Waals surface area contributed by atoms with Gasteiger partial charge in [0.2, 0.25) is 0 Å². The lowest BCUT2D eigenvalue weighted by Gasteiger charge is -2.15. The molecule has 0 radical (unpaired) electrons. The van der Waals surface area contributed by atoms with Gasteiger partial charge in [0.25, 0.3) is 0 Å². The zero-order valence-corrected chi connectivity index (χ0v) is 12.2. The maximum atomic E-state index is 9.35. The monoisotopic (exact) mass is 261 g/mol. The van der Waals surface area contributed by atoms with Crippen LogP contribution in [0.4, 0.5) is 5.82 Å². The highest BCUT2D eigenvalue weighted by Gasteiger charge is 2.14. The summed E-state index contributed by atoms with van der Waals surface area (Å²) in [5.74, 6) is 1.08. The lowest BCUT2D eigenvalue weighted by molar-refractivity contribution is 0.568. The van der Waals surface area contributed by atoms with E-state index in [0.717, 1.165) is 37.2 Å². The first-order chi connectivity index (χ1) is 9.17. The summed E-state index contributed by atoms with van der Waals surface area (Å²) in [5.41, 5.74) is 2.59. The Morgan fingerprint density at radius 2 is 1.95 bits per heavy atom. The Bertz CT molecular complexity index is 450. The molecule has 1 aromatic heterocycles. The van der Waals surface area contributed by atoms with Gasteiger partial charge in [-0.3, -0.25) is 0 Å². The predicted octanol–water partition coefficient (Wildman–Crippen LogP) is 1.74. The van der Waals surface area contributed by atoms with Gasteiger partial charge in [0, 0.05) is 6.54 Å². The van der Waals surface area contributed by atoms with Crippen molar-refractivity contribution in [3.05, 3.63) is 16.8 Å². The van der Waals surface area contributed by atoms with Gasteiger partial charge >= 0.3 is 0 Å². The zero-order valence-electron chi connectivity index (χ0n) is 12.2. The SMILES string of the molecule is CCc1nnc(NCC(C)CNC)c(C#N)c1CC. The summed E-state index contributed by atoms with van der Waals surface area (Å²) in [6.45, 7) is 7.93. The fourth-order valence-corrected chi connectivity index (χ4v) is 2.11. The Morgan fingerprint density at radius 3 is 2.47 bits per heavy atom. The number of aryl methyl sites for hydroxylation is 1. The largest absolute Gasteiger partial charge is 0.367 e. The van der Waals surface area contributed by atoms with Crippen molar-refractivity contribution in [3.8, 4) is 6.07 Å². The highest BCUT2D eigenvalue weighted by atomic mass is 15.2. The molecule has 2 N–H and O–H groups in total. The molecule has 0 amide bonds. The van der Waals surface area contributed by atoms with Gasteiger partial charge in [-0.1, -0.05) is 20.8 Å². The number of hydrogen-bond donors (Lipinski definition) is 2. The number of nitrogens with one attached hydrogen (secondary N) is 2. The van der Waals surface area contributed by atoms with Crippen molar-refractivity contribution in [2.45, 2.75) is 33.6 Å². The molecule has 1 atom stereocenters. The first-order valence-electron chi connectivity index (χ1n) is 6.84. The van der Waals surface area contributed by atoms with Gasteiger partial charge in [0.05, 0.1) is 5.69 Å². The van der Waals surface area contributed by atoms with Crippen LogP contribution >= 0.6 is 0 Å². The normalized spacial score (nSPS) is 11.9. The molecule has 0 aliphatic heterocycles. The number of nitriles is 1. The van der Waals surface area contributed by atoms with Crippen molar-refractivity contribution in [1.29, 1.82) is 5.26 Å². The molecule has 19 heavy (non-hydrogen) atoms. The molecule has 0 aliphatic rings. The number of hydrogen-bond acceptors (Lipinski definition) is 5. The van der Waals surface area contributed by atoms with E-state index in [9.17, 15) is 5.26 Å². The molecule has 0 aliphatic carbocycles. The maximum absolute atomic E-state index is 9.35. The second kappa shape index (κ2) is 7.70. The van der Waals surface area contributed by atoms with Gasteiger partial charge in [-0.05, 0) is 37.9 Å². The minimum atomic E-state index is 0.467. The predicted molar refractivity (Wildman–Crippen MR) is 77.1 cm³/mol. The molecule has 5 nitrogen and oxygen atoms in total. The van der Waals surface area contributed by atoms with Crippen LogP contribution in [0.15, 0.2) is 0 Å². The summed E-state index contributed by atoms with van der Waals surface area (Å²) in [7, 11) is 1.93. The Labute approximate surface area is 115 Å². The number of anilines is 1. The summed E-state index contributed by atoms with van der Waals surface area (Å²) < 4.78 is 0.